The van der Waals surface area contributed by atoms with E-state index in [1.165, 1.54) is 12.1 Å². The third-order valence-corrected chi connectivity index (χ3v) is 7.12. The Balaban J connectivity index is 1.25. The molecule has 4 rings (SSSR count). The van der Waals surface area contributed by atoms with Crippen LogP contribution in [0.25, 0.3) is 0 Å². The van der Waals surface area contributed by atoms with Crippen LogP contribution in [0.3, 0.4) is 0 Å². The Kier molecular flexibility index (Phi) is 6.38. The Morgan fingerprint density at radius 3 is 2.34 bits per heavy atom. The first-order valence-electron chi connectivity index (χ1n) is 11.3. The second-order valence-corrected chi connectivity index (χ2v) is 9.10. The summed E-state index contributed by atoms with van der Waals surface area (Å²) in [6.07, 6.45) is -1.97. The van der Waals surface area contributed by atoms with Gasteiger partial charge in [0.2, 0.25) is 5.91 Å². The summed E-state index contributed by atoms with van der Waals surface area (Å²) in [5.41, 5.74) is 0.0951. The number of carbonyl (C=O) groups is 2. The molecular weight excluding hydrogens is 423 g/mol. The highest BCUT2D eigenvalue weighted by molar-refractivity contribution is 5.83. The number of nitrogens with zero attached hydrogens (tertiary/aromatic N) is 3. The lowest BCUT2D eigenvalue weighted by Crippen LogP contribution is -2.51. The van der Waals surface area contributed by atoms with E-state index in [9.17, 15) is 22.8 Å². The SMILES string of the molecule is CCOC(=O)N1CCN(C(=O)[C@@H]2CC23CCN(Cc2cccc(C(F)(F)F)c2)CC3)CC1. The molecule has 1 aliphatic carbocycles. The fourth-order valence-corrected chi connectivity index (χ4v) is 5.05. The van der Waals surface area contributed by atoms with Gasteiger partial charge in [0.05, 0.1) is 12.2 Å². The lowest BCUT2D eigenvalue weighted by molar-refractivity contribution is -0.137. The van der Waals surface area contributed by atoms with Crippen molar-refractivity contribution in [1.29, 1.82) is 0 Å². The van der Waals surface area contributed by atoms with Crippen molar-refractivity contribution in [3.63, 3.8) is 0 Å². The average Bonchev–Trinajstić information content (AvgIpc) is 3.48. The maximum Gasteiger partial charge on any atom is 0.416 e. The average molecular weight is 454 g/mol. The highest BCUT2D eigenvalue weighted by Crippen LogP contribution is 2.60. The molecule has 0 N–H and O–H groups in total. The van der Waals surface area contributed by atoms with Crippen LogP contribution in [0.1, 0.15) is 37.3 Å². The number of benzene rings is 1. The van der Waals surface area contributed by atoms with E-state index in [1.807, 2.05) is 4.90 Å². The summed E-state index contributed by atoms with van der Waals surface area (Å²) in [5.74, 6) is 0.215. The Morgan fingerprint density at radius 1 is 1.06 bits per heavy atom. The van der Waals surface area contributed by atoms with Gasteiger partial charge in [-0.1, -0.05) is 18.2 Å². The molecule has 2 amide bonds. The fraction of sp³-hybridized carbons (Fsp3) is 0.652. The number of carbonyl (C=O) groups excluding carboxylic acids is 2. The Bertz CT molecular complexity index is 844. The molecule has 32 heavy (non-hydrogen) atoms. The topological polar surface area (TPSA) is 53.1 Å². The van der Waals surface area contributed by atoms with Crippen LogP contribution in [-0.4, -0.2) is 72.6 Å². The van der Waals surface area contributed by atoms with Crippen LogP contribution in [0.5, 0.6) is 0 Å². The molecule has 0 aromatic heterocycles. The number of halogens is 3. The smallest absolute Gasteiger partial charge is 0.416 e. The molecule has 2 saturated heterocycles. The standard InChI is InChI=1S/C23H30F3N3O3/c1-2-32-21(31)29-12-10-28(11-13-29)20(30)19-15-22(19)6-8-27(9-7-22)16-17-4-3-5-18(14-17)23(24,25)26/h3-5,14,19H,2,6-13,15-16H2,1H3/t19-/m0/s1. The van der Waals surface area contributed by atoms with Gasteiger partial charge in [0.15, 0.2) is 0 Å². The van der Waals surface area contributed by atoms with Crippen molar-refractivity contribution in [3.8, 4) is 0 Å². The minimum atomic E-state index is -4.33. The summed E-state index contributed by atoms with van der Waals surface area (Å²) in [4.78, 5) is 30.5. The molecule has 6 nitrogen and oxygen atoms in total. The summed E-state index contributed by atoms with van der Waals surface area (Å²) in [6.45, 7) is 6.24. The summed E-state index contributed by atoms with van der Waals surface area (Å²) in [7, 11) is 0. The van der Waals surface area contributed by atoms with Crippen molar-refractivity contribution in [1.82, 2.24) is 14.7 Å². The molecule has 9 heteroatoms. The molecule has 1 spiro atoms. The van der Waals surface area contributed by atoms with Crippen molar-refractivity contribution in [2.45, 2.75) is 38.9 Å². The zero-order valence-electron chi connectivity index (χ0n) is 18.4. The van der Waals surface area contributed by atoms with Crippen LogP contribution in [0.2, 0.25) is 0 Å². The number of ether oxygens (including phenoxy) is 1. The highest BCUT2D eigenvalue weighted by atomic mass is 19.4. The molecule has 0 unspecified atom stereocenters. The van der Waals surface area contributed by atoms with E-state index in [1.54, 1.807) is 17.9 Å². The van der Waals surface area contributed by atoms with E-state index in [0.717, 1.165) is 38.4 Å². The normalized spacial score (nSPS) is 23.3. The van der Waals surface area contributed by atoms with Gasteiger partial charge in [0, 0.05) is 38.6 Å². The molecule has 1 aromatic rings. The number of piperidine rings is 1. The van der Waals surface area contributed by atoms with E-state index in [0.29, 0.717) is 44.9 Å². The quantitative estimate of drug-likeness (QED) is 0.699. The molecule has 2 heterocycles. The molecule has 1 atom stereocenters. The van der Waals surface area contributed by atoms with Crippen LogP contribution in [0.15, 0.2) is 24.3 Å². The number of amides is 2. The number of likely N-dealkylation sites (tertiary alicyclic amines) is 1. The van der Waals surface area contributed by atoms with Crippen LogP contribution in [0.4, 0.5) is 18.0 Å². The van der Waals surface area contributed by atoms with Gasteiger partial charge >= 0.3 is 12.3 Å². The number of rotatable bonds is 4. The van der Waals surface area contributed by atoms with Gasteiger partial charge in [-0.3, -0.25) is 9.69 Å². The molecule has 176 valence electrons. The van der Waals surface area contributed by atoms with Gasteiger partial charge < -0.3 is 14.5 Å². The highest BCUT2D eigenvalue weighted by Gasteiger charge is 2.59. The molecule has 0 bridgehead atoms. The predicted octanol–water partition coefficient (Wildman–Crippen LogP) is 3.61. The first-order chi connectivity index (χ1) is 15.2. The minimum Gasteiger partial charge on any atom is -0.450 e. The zero-order valence-corrected chi connectivity index (χ0v) is 18.4. The molecule has 0 radical (unpaired) electrons. The molecular formula is C23H30F3N3O3. The summed E-state index contributed by atoms with van der Waals surface area (Å²) < 4.78 is 43.9. The van der Waals surface area contributed by atoms with Crippen molar-refractivity contribution in [2.75, 3.05) is 45.9 Å². The Morgan fingerprint density at radius 2 is 1.72 bits per heavy atom. The van der Waals surface area contributed by atoms with Crippen LogP contribution in [0, 0.1) is 11.3 Å². The number of alkyl halides is 3. The zero-order chi connectivity index (χ0) is 22.9. The van der Waals surface area contributed by atoms with Crippen LogP contribution in [-0.2, 0) is 22.3 Å². The third kappa shape index (κ3) is 4.87. The van der Waals surface area contributed by atoms with Crippen molar-refractivity contribution >= 4 is 12.0 Å². The van der Waals surface area contributed by atoms with Crippen molar-refractivity contribution in [3.05, 3.63) is 35.4 Å². The molecule has 1 aromatic carbocycles. The molecule has 3 aliphatic rings. The second kappa shape index (κ2) is 8.92. The molecule has 3 fully saturated rings. The third-order valence-electron chi connectivity index (χ3n) is 7.12. The van der Waals surface area contributed by atoms with E-state index in [2.05, 4.69) is 4.90 Å². The summed E-state index contributed by atoms with van der Waals surface area (Å²) in [6, 6.07) is 5.52. The van der Waals surface area contributed by atoms with Gasteiger partial charge in [0.1, 0.15) is 0 Å². The Hall–Kier alpha value is -2.29. The monoisotopic (exact) mass is 453 g/mol. The van der Waals surface area contributed by atoms with Crippen molar-refractivity contribution in [2.24, 2.45) is 11.3 Å². The number of hydrogen-bond acceptors (Lipinski definition) is 4. The maximum absolute atomic E-state index is 13.0. The van der Waals surface area contributed by atoms with E-state index in [-0.39, 0.29) is 23.3 Å². The van der Waals surface area contributed by atoms with Gasteiger partial charge in [-0.2, -0.15) is 13.2 Å². The van der Waals surface area contributed by atoms with Gasteiger partial charge in [0.25, 0.3) is 0 Å². The lowest BCUT2D eigenvalue weighted by Gasteiger charge is -2.36. The summed E-state index contributed by atoms with van der Waals surface area (Å²) >= 11 is 0. The lowest BCUT2D eigenvalue weighted by atomic mass is 9.90. The fourth-order valence-electron chi connectivity index (χ4n) is 5.05. The summed E-state index contributed by atoms with van der Waals surface area (Å²) in [5, 5.41) is 0. The number of hydrogen-bond donors (Lipinski definition) is 0. The van der Waals surface area contributed by atoms with E-state index < -0.39 is 11.7 Å². The van der Waals surface area contributed by atoms with Gasteiger partial charge in [-0.05, 0) is 56.3 Å². The predicted molar refractivity (Wildman–Crippen MR) is 112 cm³/mol. The molecule has 1 saturated carbocycles. The maximum atomic E-state index is 13.0. The Labute approximate surface area is 186 Å². The first-order valence-corrected chi connectivity index (χ1v) is 11.3. The van der Waals surface area contributed by atoms with Crippen LogP contribution >= 0.6 is 0 Å². The first kappa shape index (κ1) is 22.9. The van der Waals surface area contributed by atoms with Gasteiger partial charge in [-0.15, -0.1) is 0 Å². The van der Waals surface area contributed by atoms with Crippen LogP contribution < -0.4 is 0 Å². The van der Waals surface area contributed by atoms with Gasteiger partial charge in [-0.25, -0.2) is 4.79 Å². The minimum absolute atomic E-state index is 0.0346. The van der Waals surface area contributed by atoms with E-state index in [4.69, 9.17) is 4.74 Å². The second-order valence-electron chi connectivity index (χ2n) is 9.10. The number of piperazine rings is 1. The largest absolute Gasteiger partial charge is 0.450 e. The molecule has 2 aliphatic heterocycles. The van der Waals surface area contributed by atoms with Crippen molar-refractivity contribution < 1.29 is 27.5 Å². The van der Waals surface area contributed by atoms with E-state index >= 15 is 0 Å².